The Hall–Kier alpha value is -2.96. The van der Waals surface area contributed by atoms with Crippen molar-refractivity contribution in [2.75, 3.05) is 20.7 Å². The predicted octanol–water partition coefficient (Wildman–Crippen LogP) is 4.80. The highest BCUT2D eigenvalue weighted by Crippen LogP contribution is 1.99. The largest absolute Gasteiger partial charge is 0.478 e. The number of hydrogen-bond donors (Lipinski definition) is 2. The van der Waals surface area contributed by atoms with Gasteiger partial charge >= 0.3 is 0 Å². The van der Waals surface area contributed by atoms with Crippen molar-refractivity contribution in [1.82, 2.24) is 0 Å². The molecule has 0 amide bonds. The Balaban J connectivity index is -0.000000144. The maximum atomic E-state index is 10.1. The van der Waals surface area contributed by atoms with Crippen molar-refractivity contribution in [3.63, 3.8) is 0 Å². The predicted molar refractivity (Wildman–Crippen MR) is 126 cm³/mol. The van der Waals surface area contributed by atoms with E-state index in [9.17, 15) is 4.79 Å². The van der Waals surface area contributed by atoms with Gasteiger partial charge in [0, 0.05) is 12.0 Å². The van der Waals surface area contributed by atoms with Crippen LogP contribution in [0.15, 0.2) is 77.7 Å². The SMILES string of the molecule is C=C.C=NC(=C)OCC.CCc1ccco1.CN.CN.Cc1ccc(C=O)cc1. The zero-order chi connectivity index (χ0) is 23.5. The van der Waals surface area contributed by atoms with Gasteiger partial charge in [0.1, 0.15) is 12.0 Å². The van der Waals surface area contributed by atoms with Gasteiger partial charge in [-0.15, -0.1) is 13.2 Å². The van der Waals surface area contributed by atoms with Gasteiger partial charge in [0.2, 0.25) is 5.88 Å². The van der Waals surface area contributed by atoms with Crippen molar-refractivity contribution in [2.45, 2.75) is 27.2 Å². The summed E-state index contributed by atoms with van der Waals surface area (Å²) in [5.74, 6) is 1.45. The molecule has 0 aliphatic heterocycles. The van der Waals surface area contributed by atoms with Crippen LogP contribution < -0.4 is 11.5 Å². The van der Waals surface area contributed by atoms with Gasteiger partial charge in [-0.3, -0.25) is 4.79 Å². The summed E-state index contributed by atoms with van der Waals surface area (Å²) >= 11 is 0. The van der Waals surface area contributed by atoms with Crippen molar-refractivity contribution in [2.24, 2.45) is 16.5 Å². The van der Waals surface area contributed by atoms with Crippen LogP contribution in [0.1, 0.15) is 35.5 Å². The Kier molecular flexibility index (Phi) is 34.5. The average Bonchev–Trinajstić information content (AvgIpc) is 3.33. The maximum absolute atomic E-state index is 10.1. The van der Waals surface area contributed by atoms with Crippen LogP contribution in [0.2, 0.25) is 0 Å². The molecule has 4 N–H and O–H groups in total. The number of nitrogens with two attached hydrogens (primary N) is 2. The van der Waals surface area contributed by atoms with Gasteiger partial charge in [-0.2, -0.15) is 0 Å². The lowest BCUT2D eigenvalue weighted by Crippen LogP contribution is -1.83. The fraction of sp³-hybridized carbons (Fsp3) is 0.304. The second kappa shape index (κ2) is 29.8. The average molecular weight is 406 g/mol. The first-order chi connectivity index (χ1) is 14.1. The zero-order valence-corrected chi connectivity index (χ0v) is 18.7. The lowest BCUT2D eigenvalue weighted by atomic mass is 10.2. The van der Waals surface area contributed by atoms with E-state index in [0.29, 0.717) is 12.5 Å². The Morgan fingerprint density at radius 2 is 1.62 bits per heavy atom. The minimum absolute atomic E-state index is 0.391. The number of carbonyl (C=O) groups excluding carboxylic acids is 1. The summed E-state index contributed by atoms with van der Waals surface area (Å²) in [6.45, 7) is 19.2. The molecule has 1 aromatic carbocycles. The second-order valence-corrected chi connectivity index (χ2v) is 4.45. The molecule has 29 heavy (non-hydrogen) atoms. The number of aliphatic imine (C=N–C) groups is 1. The van der Waals surface area contributed by atoms with Crippen molar-refractivity contribution in [1.29, 1.82) is 0 Å². The number of carbonyl (C=O) groups is 1. The standard InChI is InChI=1S/C8H8O.C6H8O.C5H9NO.C2H4.2CH5N/c1-7-2-4-8(6-9)5-3-7;1-2-6-4-3-5-7-6;1-4-7-5(2)6-3;3*1-2/h2-6H,1H3;3-5H,2H2,1H3;2-4H2,1H3;1-2H2;2*2H2,1H3. The van der Waals surface area contributed by atoms with Gasteiger partial charge in [0.25, 0.3) is 0 Å². The van der Waals surface area contributed by atoms with E-state index in [1.54, 1.807) is 6.26 Å². The van der Waals surface area contributed by atoms with Crippen LogP contribution in [0.5, 0.6) is 0 Å². The normalized spacial score (nSPS) is 7.41. The lowest BCUT2D eigenvalue weighted by molar-refractivity contribution is 0.112. The third-order valence-corrected chi connectivity index (χ3v) is 2.63. The molecule has 0 saturated carbocycles. The molecule has 0 radical (unpaired) electrons. The van der Waals surface area contributed by atoms with E-state index in [0.717, 1.165) is 24.0 Å². The first kappa shape index (κ1) is 33.6. The van der Waals surface area contributed by atoms with Crippen LogP contribution in [0.4, 0.5) is 0 Å². The molecule has 2 rings (SSSR count). The molecule has 0 bridgehead atoms. The molecule has 0 aliphatic carbocycles. The molecule has 0 aliphatic rings. The van der Waals surface area contributed by atoms with Crippen LogP contribution in [0.25, 0.3) is 0 Å². The Morgan fingerprint density at radius 3 is 1.86 bits per heavy atom. The van der Waals surface area contributed by atoms with Gasteiger partial charge < -0.3 is 20.6 Å². The molecular formula is C23H39N3O3. The highest BCUT2D eigenvalue weighted by atomic mass is 16.5. The van der Waals surface area contributed by atoms with Gasteiger partial charge in [-0.1, -0.05) is 36.8 Å². The van der Waals surface area contributed by atoms with Crippen LogP contribution in [0.3, 0.4) is 0 Å². The molecule has 0 saturated heterocycles. The van der Waals surface area contributed by atoms with E-state index in [1.807, 2.05) is 50.2 Å². The molecule has 0 atom stereocenters. The quantitative estimate of drug-likeness (QED) is 0.322. The van der Waals surface area contributed by atoms with Crippen LogP contribution in [-0.4, -0.2) is 33.7 Å². The number of ether oxygens (including phenoxy) is 1. The highest BCUT2D eigenvalue weighted by molar-refractivity contribution is 5.74. The number of rotatable bonds is 5. The van der Waals surface area contributed by atoms with Crippen molar-refractivity contribution < 1.29 is 13.9 Å². The molecular weight excluding hydrogens is 366 g/mol. The number of hydrogen-bond acceptors (Lipinski definition) is 6. The molecule has 6 nitrogen and oxygen atoms in total. The third-order valence-electron chi connectivity index (χ3n) is 2.63. The zero-order valence-electron chi connectivity index (χ0n) is 18.7. The topological polar surface area (TPSA) is 104 Å². The summed E-state index contributed by atoms with van der Waals surface area (Å²) in [7, 11) is 3.00. The first-order valence-electron chi connectivity index (χ1n) is 9.05. The van der Waals surface area contributed by atoms with Crippen LogP contribution in [-0.2, 0) is 11.2 Å². The van der Waals surface area contributed by atoms with Crippen molar-refractivity contribution in [3.8, 4) is 0 Å². The Labute approximate surface area is 177 Å². The summed E-state index contributed by atoms with van der Waals surface area (Å²) in [4.78, 5) is 13.5. The van der Waals surface area contributed by atoms with Gasteiger partial charge in [-0.05, 0) is 53.4 Å². The third kappa shape index (κ3) is 25.0. The highest BCUT2D eigenvalue weighted by Gasteiger charge is 1.85. The smallest absolute Gasteiger partial charge is 0.205 e. The van der Waals surface area contributed by atoms with Crippen molar-refractivity contribution in [3.05, 3.63) is 85.2 Å². The number of benzene rings is 1. The van der Waals surface area contributed by atoms with Gasteiger partial charge in [0.15, 0.2) is 0 Å². The molecule has 164 valence electrons. The summed E-state index contributed by atoms with van der Waals surface area (Å²) < 4.78 is 9.75. The number of furan rings is 1. The second-order valence-electron chi connectivity index (χ2n) is 4.45. The van der Waals surface area contributed by atoms with Crippen LogP contribution in [0, 0.1) is 6.92 Å². The van der Waals surface area contributed by atoms with E-state index < -0.39 is 0 Å². The monoisotopic (exact) mass is 405 g/mol. The number of nitrogens with zero attached hydrogens (tertiary/aromatic N) is 1. The maximum Gasteiger partial charge on any atom is 0.205 e. The fourth-order valence-corrected chi connectivity index (χ4v) is 1.37. The molecule has 0 unspecified atom stereocenters. The van der Waals surface area contributed by atoms with E-state index in [2.05, 4.69) is 49.8 Å². The minimum Gasteiger partial charge on any atom is -0.478 e. The summed E-state index contributed by atoms with van der Waals surface area (Å²) in [5, 5.41) is 0. The molecule has 0 spiro atoms. The van der Waals surface area contributed by atoms with Crippen molar-refractivity contribution >= 4 is 13.0 Å². The van der Waals surface area contributed by atoms with E-state index in [4.69, 9.17) is 9.15 Å². The van der Waals surface area contributed by atoms with Crippen LogP contribution >= 0.6 is 0 Å². The molecule has 6 heteroatoms. The molecule has 1 aromatic heterocycles. The number of aldehydes is 1. The first-order valence-corrected chi connectivity index (χ1v) is 9.05. The van der Waals surface area contributed by atoms with E-state index >= 15 is 0 Å². The van der Waals surface area contributed by atoms with Gasteiger partial charge in [0.05, 0.1) is 12.9 Å². The van der Waals surface area contributed by atoms with E-state index in [-0.39, 0.29) is 0 Å². The summed E-state index contributed by atoms with van der Waals surface area (Å²) in [6.07, 6.45) is 3.53. The minimum atomic E-state index is 0.391. The fourth-order valence-electron chi connectivity index (χ4n) is 1.37. The number of aryl methyl sites for hydroxylation is 2. The summed E-state index contributed by atoms with van der Waals surface area (Å²) in [5.41, 5.74) is 10.9. The summed E-state index contributed by atoms with van der Waals surface area (Å²) in [6, 6.07) is 11.3. The van der Waals surface area contributed by atoms with E-state index in [1.165, 1.54) is 19.7 Å². The lowest BCUT2D eigenvalue weighted by Gasteiger charge is -1.95. The van der Waals surface area contributed by atoms with Gasteiger partial charge in [-0.25, -0.2) is 4.99 Å². The Morgan fingerprint density at radius 1 is 1.10 bits per heavy atom. The molecule has 0 fully saturated rings. The molecule has 2 aromatic rings. The Bertz CT molecular complexity index is 580. The molecule has 1 heterocycles.